The van der Waals surface area contributed by atoms with Crippen LogP contribution in [0.5, 0.6) is 11.5 Å². The standard InChI is InChI=1S/C15H9F5O3/c1-2-22-7-3-5-8(6-4-7)23-15(21)9-10(16)12(18)14(20)13(19)11(9)17/h3-6H,2H2,1H3. The number of halogens is 5. The Labute approximate surface area is 127 Å². The van der Waals surface area contributed by atoms with E-state index in [1.807, 2.05) is 0 Å². The summed E-state index contributed by atoms with van der Waals surface area (Å²) in [5.74, 6) is -12.7. The third-order valence-electron chi connectivity index (χ3n) is 2.76. The van der Waals surface area contributed by atoms with Gasteiger partial charge in [-0.15, -0.1) is 0 Å². The molecule has 0 heterocycles. The van der Waals surface area contributed by atoms with E-state index < -0.39 is 40.6 Å². The highest BCUT2D eigenvalue weighted by Crippen LogP contribution is 2.25. The first kappa shape index (κ1) is 16.7. The van der Waals surface area contributed by atoms with Gasteiger partial charge in [-0.3, -0.25) is 0 Å². The predicted octanol–water partition coefficient (Wildman–Crippen LogP) is 4.00. The minimum absolute atomic E-state index is 0.151. The van der Waals surface area contributed by atoms with Gasteiger partial charge >= 0.3 is 5.97 Å². The number of benzene rings is 2. The monoisotopic (exact) mass is 332 g/mol. The number of carbonyl (C=O) groups is 1. The number of rotatable bonds is 4. The minimum Gasteiger partial charge on any atom is -0.494 e. The fourth-order valence-corrected chi connectivity index (χ4v) is 1.71. The molecule has 0 atom stereocenters. The summed E-state index contributed by atoms with van der Waals surface area (Å²) in [6, 6.07) is 5.30. The van der Waals surface area contributed by atoms with Gasteiger partial charge in [0.25, 0.3) is 0 Å². The second-order valence-corrected chi connectivity index (χ2v) is 4.24. The lowest BCUT2D eigenvalue weighted by molar-refractivity contribution is 0.0720. The Morgan fingerprint density at radius 3 is 1.74 bits per heavy atom. The van der Waals surface area contributed by atoms with Crippen molar-refractivity contribution < 1.29 is 36.2 Å². The number of hydrogen-bond donors (Lipinski definition) is 0. The van der Waals surface area contributed by atoms with Crippen LogP contribution in [0.3, 0.4) is 0 Å². The van der Waals surface area contributed by atoms with Crippen LogP contribution >= 0.6 is 0 Å². The average Bonchev–Trinajstić information content (AvgIpc) is 2.53. The fraction of sp³-hybridized carbons (Fsp3) is 0.133. The van der Waals surface area contributed by atoms with Gasteiger partial charge in [0.15, 0.2) is 23.3 Å². The topological polar surface area (TPSA) is 35.5 Å². The molecule has 0 spiro atoms. The Hall–Kier alpha value is -2.64. The zero-order valence-corrected chi connectivity index (χ0v) is 11.6. The van der Waals surface area contributed by atoms with Gasteiger partial charge in [-0.05, 0) is 31.2 Å². The second-order valence-electron chi connectivity index (χ2n) is 4.24. The lowest BCUT2D eigenvalue weighted by Gasteiger charge is -2.09. The highest BCUT2D eigenvalue weighted by atomic mass is 19.2. The summed E-state index contributed by atoms with van der Waals surface area (Å²) in [6.07, 6.45) is 0. The first-order chi connectivity index (χ1) is 10.9. The van der Waals surface area contributed by atoms with E-state index in [1.165, 1.54) is 24.3 Å². The molecule has 23 heavy (non-hydrogen) atoms. The molecule has 2 aromatic rings. The normalized spacial score (nSPS) is 10.5. The quantitative estimate of drug-likeness (QED) is 0.279. The molecule has 0 radical (unpaired) electrons. The van der Waals surface area contributed by atoms with Gasteiger partial charge in [0, 0.05) is 0 Å². The van der Waals surface area contributed by atoms with Crippen LogP contribution in [0, 0.1) is 29.1 Å². The van der Waals surface area contributed by atoms with Crippen molar-refractivity contribution in [1.29, 1.82) is 0 Å². The summed E-state index contributed by atoms with van der Waals surface area (Å²) in [5.41, 5.74) is -1.66. The highest BCUT2D eigenvalue weighted by Gasteiger charge is 2.30. The van der Waals surface area contributed by atoms with Crippen LogP contribution in [0.15, 0.2) is 24.3 Å². The first-order valence-electron chi connectivity index (χ1n) is 6.33. The molecular weight excluding hydrogens is 323 g/mol. The lowest BCUT2D eigenvalue weighted by atomic mass is 10.1. The lowest BCUT2D eigenvalue weighted by Crippen LogP contribution is -2.17. The van der Waals surface area contributed by atoms with E-state index in [4.69, 9.17) is 4.74 Å². The summed E-state index contributed by atoms with van der Waals surface area (Å²) < 4.78 is 75.7. The molecule has 0 aliphatic carbocycles. The molecule has 0 saturated heterocycles. The molecule has 0 bridgehead atoms. The Bertz CT molecular complexity index is 715. The maximum Gasteiger partial charge on any atom is 0.349 e. The molecule has 0 aliphatic rings. The Morgan fingerprint density at radius 1 is 0.826 bits per heavy atom. The fourth-order valence-electron chi connectivity index (χ4n) is 1.71. The Balaban J connectivity index is 2.31. The van der Waals surface area contributed by atoms with Gasteiger partial charge in [0.05, 0.1) is 6.61 Å². The number of esters is 1. The van der Waals surface area contributed by atoms with Crippen molar-refractivity contribution in [2.75, 3.05) is 6.61 Å². The third kappa shape index (κ3) is 3.25. The molecular formula is C15H9F5O3. The van der Waals surface area contributed by atoms with Crippen LogP contribution in [-0.2, 0) is 0 Å². The van der Waals surface area contributed by atoms with Crippen LogP contribution in [0.2, 0.25) is 0 Å². The van der Waals surface area contributed by atoms with Crippen LogP contribution in [0.25, 0.3) is 0 Å². The van der Waals surface area contributed by atoms with Gasteiger partial charge in [-0.1, -0.05) is 0 Å². The molecule has 0 N–H and O–H groups in total. The van der Waals surface area contributed by atoms with Crippen LogP contribution in [0.1, 0.15) is 17.3 Å². The van der Waals surface area contributed by atoms with Crippen molar-refractivity contribution in [3.63, 3.8) is 0 Å². The van der Waals surface area contributed by atoms with Gasteiger partial charge in [-0.2, -0.15) is 0 Å². The summed E-state index contributed by atoms with van der Waals surface area (Å²) in [5, 5.41) is 0. The van der Waals surface area contributed by atoms with Crippen molar-refractivity contribution in [2.45, 2.75) is 6.92 Å². The van der Waals surface area contributed by atoms with Gasteiger partial charge in [0.1, 0.15) is 17.1 Å². The van der Waals surface area contributed by atoms with Crippen molar-refractivity contribution in [3.8, 4) is 11.5 Å². The molecule has 8 heteroatoms. The molecule has 3 nitrogen and oxygen atoms in total. The zero-order valence-electron chi connectivity index (χ0n) is 11.6. The predicted molar refractivity (Wildman–Crippen MR) is 68.8 cm³/mol. The molecule has 0 aliphatic heterocycles. The van der Waals surface area contributed by atoms with E-state index >= 15 is 0 Å². The second kappa shape index (κ2) is 6.64. The smallest absolute Gasteiger partial charge is 0.349 e. The summed E-state index contributed by atoms with van der Waals surface area (Å²) >= 11 is 0. The van der Waals surface area contributed by atoms with E-state index in [9.17, 15) is 26.7 Å². The van der Waals surface area contributed by atoms with E-state index in [2.05, 4.69) is 4.74 Å². The first-order valence-corrected chi connectivity index (χ1v) is 6.33. The summed E-state index contributed by atoms with van der Waals surface area (Å²) in [6.45, 7) is 2.14. The van der Waals surface area contributed by atoms with Gasteiger partial charge in [-0.25, -0.2) is 26.7 Å². The highest BCUT2D eigenvalue weighted by molar-refractivity contribution is 5.91. The average molecular weight is 332 g/mol. The third-order valence-corrected chi connectivity index (χ3v) is 2.76. The molecule has 0 saturated carbocycles. The SMILES string of the molecule is CCOc1ccc(OC(=O)c2c(F)c(F)c(F)c(F)c2F)cc1. The molecule has 0 fully saturated rings. The maximum absolute atomic E-state index is 13.5. The zero-order chi connectivity index (χ0) is 17.1. The molecule has 0 aromatic heterocycles. The van der Waals surface area contributed by atoms with Crippen LogP contribution in [-0.4, -0.2) is 12.6 Å². The Morgan fingerprint density at radius 2 is 1.26 bits per heavy atom. The summed E-state index contributed by atoms with van der Waals surface area (Å²) in [4.78, 5) is 11.7. The van der Waals surface area contributed by atoms with Crippen LogP contribution < -0.4 is 9.47 Å². The van der Waals surface area contributed by atoms with Gasteiger partial charge in [0.2, 0.25) is 5.82 Å². The molecule has 2 rings (SSSR count). The summed E-state index contributed by atoms with van der Waals surface area (Å²) in [7, 11) is 0. The Kier molecular flexibility index (Phi) is 4.83. The van der Waals surface area contributed by atoms with E-state index in [0.717, 1.165) is 0 Å². The van der Waals surface area contributed by atoms with E-state index in [-0.39, 0.29) is 5.75 Å². The van der Waals surface area contributed by atoms with Crippen molar-refractivity contribution in [1.82, 2.24) is 0 Å². The largest absolute Gasteiger partial charge is 0.494 e. The van der Waals surface area contributed by atoms with Crippen molar-refractivity contribution in [3.05, 3.63) is 58.9 Å². The van der Waals surface area contributed by atoms with Crippen molar-refractivity contribution in [2.24, 2.45) is 0 Å². The van der Waals surface area contributed by atoms with Gasteiger partial charge < -0.3 is 9.47 Å². The number of ether oxygens (including phenoxy) is 2. The molecule has 0 amide bonds. The number of carbonyl (C=O) groups excluding carboxylic acids is 1. The number of hydrogen-bond acceptors (Lipinski definition) is 3. The minimum atomic E-state index is -2.35. The molecule has 122 valence electrons. The maximum atomic E-state index is 13.5. The van der Waals surface area contributed by atoms with Crippen molar-refractivity contribution >= 4 is 5.97 Å². The van der Waals surface area contributed by atoms with Crippen LogP contribution in [0.4, 0.5) is 22.0 Å². The van der Waals surface area contributed by atoms with E-state index in [0.29, 0.717) is 12.4 Å². The molecule has 2 aromatic carbocycles. The van der Waals surface area contributed by atoms with E-state index in [1.54, 1.807) is 6.92 Å². The molecule has 0 unspecified atom stereocenters.